The van der Waals surface area contributed by atoms with Gasteiger partial charge in [-0.3, -0.25) is 0 Å². The highest BCUT2D eigenvalue weighted by Crippen LogP contribution is 2.78. The van der Waals surface area contributed by atoms with Crippen LogP contribution >= 0.6 is 11.8 Å². The van der Waals surface area contributed by atoms with Gasteiger partial charge in [0.05, 0.1) is 24.7 Å². The molecule has 35 heavy (non-hydrogen) atoms. The summed E-state index contributed by atoms with van der Waals surface area (Å²) in [6, 6.07) is 9.37. The average Bonchev–Trinajstić information content (AvgIpc) is 3.77. The van der Waals surface area contributed by atoms with Crippen LogP contribution in [0.4, 0.5) is 8.78 Å². The van der Waals surface area contributed by atoms with Gasteiger partial charge in [0.25, 0.3) is 0 Å². The second-order valence-electron chi connectivity index (χ2n) is 10.2. The summed E-state index contributed by atoms with van der Waals surface area (Å²) in [5.41, 5.74) is -0.668. The van der Waals surface area contributed by atoms with Crippen LogP contribution < -0.4 is 9.47 Å². The highest BCUT2D eigenvalue weighted by molar-refractivity contribution is 8.08. The number of ether oxygens (including phenoxy) is 2. The highest BCUT2D eigenvalue weighted by Gasteiger charge is 2.75. The number of pyridine rings is 1. The Morgan fingerprint density at radius 3 is 2.63 bits per heavy atom. The lowest BCUT2D eigenvalue weighted by molar-refractivity contribution is -0.151. The number of thioether (sulfide) groups is 1. The smallest absolute Gasteiger partial charge is 0.342 e. The molecule has 1 aliphatic heterocycles. The van der Waals surface area contributed by atoms with E-state index in [0.717, 1.165) is 49.8 Å². The van der Waals surface area contributed by atoms with Gasteiger partial charge >= 0.3 is 5.97 Å². The number of nitrogens with zero attached hydrogens (tertiary/aromatic N) is 1. The number of alkyl halides is 1. The molecule has 0 spiro atoms. The van der Waals surface area contributed by atoms with E-state index in [4.69, 9.17) is 9.47 Å². The number of hydrogen-bond donors (Lipinski definition) is 1. The first-order valence-corrected chi connectivity index (χ1v) is 13.2. The predicted octanol–water partition coefficient (Wildman–Crippen LogP) is 6.33. The van der Waals surface area contributed by atoms with E-state index >= 15 is 4.39 Å². The number of rotatable bonds is 9. The molecule has 1 aromatic heterocycles. The molecule has 5 rings (SSSR count). The summed E-state index contributed by atoms with van der Waals surface area (Å²) in [4.78, 5) is 15.6. The normalized spacial score (nSPS) is 29.8. The Morgan fingerprint density at radius 2 is 1.97 bits per heavy atom. The van der Waals surface area contributed by atoms with Crippen molar-refractivity contribution in [1.29, 1.82) is 0 Å². The zero-order valence-electron chi connectivity index (χ0n) is 20.0. The third-order valence-electron chi connectivity index (χ3n) is 7.97. The van der Waals surface area contributed by atoms with Crippen molar-refractivity contribution in [3.8, 4) is 11.6 Å². The Kier molecular flexibility index (Phi) is 6.45. The van der Waals surface area contributed by atoms with Crippen molar-refractivity contribution in [3.05, 3.63) is 53.5 Å². The number of aliphatic carboxylic acids is 1. The molecular weight excluding hydrogens is 472 g/mol. The van der Waals surface area contributed by atoms with Gasteiger partial charge in [-0.15, -0.1) is 11.8 Å². The third kappa shape index (κ3) is 4.50. The molecule has 0 amide bonds. The summed E-state index contributed by atoms with van der Waals surface area (Å²) in [5, 5.41) is 9.36. The van der Waals surface area contributed by atoms with Gasteiger partial charge in [-0.25, -0.2) is 18.6 Å². The molecule has 2 aromatic rings. The van der Waals surface area contributed by atoms with Crippen LogP contribution in [0.3, 0.4) is 0 Å². The lowest BCUT2D eigenvalue weighted by Gasteiger charge is -2.29. The van der Waals surface area contributed by atoms with Gasteiger partial charge in [-0.1, -0.05) is 12.1 Å². The van der Waals surface area contributed by atoms with E-state index in [1.165, 1.54) is 32.0 Å². The molecule has 188 valence electrons. The molecule has 0 bridgehead atoms. The molecule has 8 heteroatoms. The van der Waals surface area contributed by atoms with E-state index in [1.54, 1.807) is 6.07 Å². The maximum absolute atomic E-state index is 15.3. The fourth-order valence-corrected chi connectivity index (χ4v) is 7.58. The first-order chi connectivity index (χ1) is 16.8. The molecule has 5 nitrogen and oxygen atoms in total. The Bertz CT molecular complexity index is 1100. The van der Waals surface area contributed by atoms with Gasteiger partial charge in [0, 0.05) is 11.3 Å². The van der Waals surface area contributed by atoms with Crippen LogP contribution in [0, 0.1) is 17.7 Å². The lowest BCUT2D eigenvalue weighted by atomic mass is 9.79. The van der Waals surface area contributed by atoms with Gasteiger partial charge in [0.15, 0.2) is 0 Å². The van der Waals surface area contributed by atoms with E-state index < -0.39 is 16.4 Å². The van der Waals surface area contributed by atoms with Crippen molar-refractivity contribution in [2.24, 2.45) is 11.8 Å². The van der Waals surface area contributed by atoms with E-state index in [2.05, 4.69) is 4.98 Å². The molecule has 1 N–H and O–H groups in total. The summed E-state index contributed by atoms with van der Waals surface area (Å²) >= 11 is 1.44. The fraction of sp³-hybridized carbons (Fsp3) is 0.556. The van der Waals surface area contributed by atoms with Crippen LogP contribution in [0.1, 0.15) is 67.7 Å². The maximum atomic E-state index is 15.3. The Hall–Kier alpha value is -2.35. The van der Waals surface area contributed by atoms with Crippen LogP contribution in [-0.2, 0) is 4.79 Å². The zero-order valence-corrected chi connectivity index (χ0v) is 20.8. The summed E-state index contributed by atoms with van der Waals surface area (Å²) in [7, 11) is 1.53. The molecule has 3 aliphatic rings. The van der Waals surface area contributed by atoms with Crippen molar-refractivity contribution in [2.45, 2.75) is 67.0 Å². The first-order valence-electron chi connectivity index (χ1n) is 12.3. The molecule has 2 heterocycles. The summed E-state index contributed by atoms with van der Waals surface area (Å²) in [6.45, 7) is 1.78. The SMILES string of the molecule is COc1cc(C2CCC(COc3cccc(C4S[C@]4(C4CC4)[C@](C)(F)C(=O)O)c3)CC2)c(F)cn1. The summed E-state index contributed by atoms with van der Waals surface area (Å²) < 4.78 is 40.0. The van der Waals surface area contributed by atoms with E-state index in [1.807, 2.05) is 24.3 Å². The molecule has 1 aromatic carbocycles. The van der Waals surface area contributed by atoms with Gasteiger partial charge in [-0.2, -0.15) is 0 Å². The predicted molar refractivity (Wildman–Crippen MR) is 130 cm³/mol. The molecule has 1 unspecified atom stereocenters. The Labute approximate surface area is 208 Å². The number of methoxy groups -OCH3 is 1. The van der Waals surface area contributed by atoms with Crippen LogP contribution in [0.25, 0.3) is 0 Å². The van der Waals surface area contributed by atoms with Crippen molar-refractivity contribution >= 4 is 17.7 Å². The zero-order chi connectivity index (χ0) is 24.8. The van der Waals surface area contributed by atoms with Crippen LogP contribution in [-0.4, -0.2) is 40.2 Å². The minimum atomic E-state index is -2.27. The van der Waals surface area contributed by atoms with Crippen LogP contribution in [0.5, 0.6) is 11.6 Å². The monoisotopic (exact) mass is 503 g/mol. The third-order valence-corrected chi connectivity index (χ3v) is 9.93. The number of hydrogen-bond acceptors (Lipinski definition) is 5. The van der Waals surface area contributed by atoms with Crippen molar-refractivity contribution in [2.75, 3.05) is 13.7 Å². The molecule has 3 atom stereocenters. The van der Waals surface area contributed by atoms with Crippen LogP contribution in [0.15, 0.2) is 36.5 Å². The standard InChI is InChI=1S/C27H31F2NO4S/c1-26(29,25(31)32)27(19-10-11-19)24(35-27)18-4-3-5-20(12-18)34-15-16-6-8-17(9-7-16)21-13-23(33-2)30-14-22(21)28/h3-5,12-14,16-17,19,24H,6-11,15H2,1-2H3,(H,31,32)/t16?,17?,24?,26-,27+/m1/s1. The van der Waals surface area contributed by atoms with Crippen molar-refractivity contribution < 1.29 is 28.2 Å². The minimum Gasteiger partial charge on any atom is -0.493 e. The Balaban J connectivity index is 1.19. The first kappa shape index (κ1) is 24.3. The van der Waals surface area contributed by atoms with Gasteiger partial charge in [0.1, 0.15) is 11.6 Å². The van der Waals surface area contributed by atoms with Gasteiger partial charge < -0.3 is 14.6 Å². The molecule has 2 saturated carbocycles. The summed E-state index contributed by atoms with van der Waals surface area (Å²) in [5.74, 6) is 0.128. The van der Waals surface area contributed by atoms with E-state index in [0.29, 0.717) is 24.0 Å². The number of carbonyl (C=O) groups is 1. The molecule has 0 radical (unpaired) electrons. The van der Waals surface area contributed by atoms with Gasteiger partial charge in [0.2, 0.25) is 11.5 Å². The number of carboxylic acid groups (broad SMARTS) is 1. The van der Waals surface area contributed by atoms with E-state index in [-0.39, 0.29) is 22.9 Å². The molecule has 2 aliphatic carbocycles. The maximum Gasteiger partial charge on any atom is 0.342 e. The van der Waals surface area contributed by atoms with Crippen molar-refractivity contribution in [3.63, 3.8) is 0 Å². The average molecular weight is 504 g/mol. The summed E-state index contributed by atoms with van der Waals surface area (Å²) in [6.07, 6.45) is 6.63. The van der Waals surface area contributed by atoms with Crippen molar-refractivity contribution in [1.82, 2.24) is 4.98 Å². The molecule has 3 fully saturated rings. The second-order valence-corrected chi connectivity index (χ2v) is 11.6. The fourth-order valence-electron chi connectivity index (χ4n) is 5.69. The largest absolute Gasteiger partial charge is 0.493 e. The highest BCUT2D eigenvalue weighted by atomic mass is 32.2. The topological polar surface area (TPSA) is 68.7 Å². The second kappa shape index (κ2) is 9.26. The minimum absolute atomic E-state index is 0.105. The number of carboxylic acids is 1. The number of halogens is 2. The van der Waals surface area contributed by atoms with Gasteiger partial charge in [-0.05, 0) is 86.5 Å². The lowest BCUT2D eigenvalue weighted by Crippen LogP contribution is -2.46. The number of benzene rings is 1. The Morgan fingerprint density at radius 1 is 1.23 bits per heavy atom. The quantitative estimate of drug-likeness (QED) is 0.403. The molecule has 1 saturated heterocycles. The van der Waals surface area contributed by atoms with Crippen LogP contribution in [0.2, 0.25) is 0 Å². The van der Waals surface area contributed by atoms with E-state index in [9.17, 15) is 14.3 Å². The number of aromatic nitrogens is 1. The molecular formula is C27H31F2NO4S.